The molecule has 1 saturated heterocycles. The SMILES string of the molecule is COc1ccc(N2C(=O)C(OC)(OC)C2C=O)cc1. The molecule has 1 aliphatic rings. The second-order valence-corrected chi connectivity index (χ2v) is 4.03. The Morgan fingerprint density at radius 1 is 1.16 bits per heavy atom. The Bertz CT molecular complexity index is 480. The lowest BCUT2D eigenvalue weighted by molar-refractivity contribution is -0.234. The Labute approximate surface area is 110 Å². The van der Waals surface area contributed by atoms with Crippen LogP contribution in [-0.4, -0.2) is 45.4 Å². The molecule has 0 aliphatic carbocycles. The van der Waals surface area contributed by atoms with Crippen LogP contribution in [0.4, 0.5) is 5.69 Å². The molecule has 102 valence electrons. The maximum Gasteiger partial charge on any atom is 0.290 e. The number of β-lactam (4-membered cyclic amide) rings is 1. The van der Waals surface area contributed by atoms with Gasteiger partial charge in [0.25, 0.3) is 11.7 Å². The summed E-state index contributed by atoms with van der Waals surface area (Å²) in [7, 11) is 4.23. The van der Waals surface area contributed by atoms with Gasteiger partial charge in [0.1, 0.15) is 12.0 Å². The molecule has 1 fully saturated rings. The molecule has 19 heavy (non-hydrogen) atoms. The van der Waals surface area contributed by atoms with Crippen LogP contribution < -0.4 is 9.64 Å². The van der Waals surface area contributed by atoms with Gasteiger partial charge >= 0.3 is 0 Å². The number of ether oxygens (including phenoxy) is 3. The molecule has 0 radical (unpaired) electrons. The molecule has 1 atom stereocenters. The zero-order valence-electron chi connectivity index (χ0n) is 11.0. The first-order chi connectivity index (χ1) is 9.14. The molecule has 0 spiro atoms. The van der Waals surface area contributed by atoms with Crippen LogP contribution in [0.15, 0.2) is 24.3 Å². The number of carbonyl (C=O) groups is 2. The number of nitrogens with zero attached hydrogens (tertiary/aromatic N) is 1. The van der Waals surface area contributed by atoms with Crippen molar-refractivity contribution < 1.29 is 23.8 Å². The van der Waals surface area contributed by atoms with Gasteiger partial charge in [0.05, 0.1) is 7.11 Å². The Hall–Kier alpha value is -1.92. The maximum atomic E-state index is 12.2. The number of benzene rings is 1. The number of amides is 1. The number of methoxy groups -OCH3 is 3. The molecule has 0 bridgehead atoms. The summed E-state index contributed by atoms with van der Waals surface area (Å²) >= 11 is 0. The highest BCUT2D eigenvalue weighted by Gasteiger charge is 2.63. The molecule has 0 N–H and O–H groups in total. The zero-order chi connectivity index (χ0) is 14.0. The summed E-state index contributed by atoms with van der Waals surface area (Å²) in [5.41, 5.74) is 0.590. The van der Waals surface area contributed by atoms with E-state index < -0.39 is 17.7 Å². The molecule has 6 nitrogen and oxygen atoms in total. The number of hydrogen-bond donors (Lipinski definition) is 0. The second-order valence-electron chi connectivity index (χ2n) is 4.03. The predicted molar refractivity (Wildman–Crippen MR) is 67.1 cm³/mol. The Kier molecular flexibility index (Phi) is 3.55. The highest BCUT2D eigenvalue weighted by atomic mass is 16.7. The lowest BCUT2D eigenvalue weighted by atomic mass is 9.93. The van der Waals surface area contributed by atoms with Gasteiger partial charge in [-0.3, -0.25) is 9.69 Å². The Morgan fingerprint density at radius 3 is 2.16 bits per heavy atom. The number of hydrogen-bond acceptors (Lipinski definition) is 5. The van der Waals surface area contributed by atoms with Crippen LogP contribution >= 0.6 is 0 Å². The van der Waals surface area contributed by atoms with E-state index in [1.807, 2.05) is 0 Å². The van der Waals surface area contributed by atoms with Crippen molar-refractivity contribution >= 4 is 17.9 Å². The first-order valence-corrected chi connectivity index (χ1v) is 5.68. The van der Waals surface area contributed by atoms with Crippen molar-refractivity contribution in [2.24, 2.45) is 0 Å². The Morgan fingerprint density at radius 2 is 1.74 bits per heavy atom. The summed E-state index contributed by atoms with van der Waals surface area (Å²) in [5, 5.41) is 0. The first kappa shape index (κ1) is 13.5. The van der Waals surface area contributed by atoms with Crippen LogP contribution in [0.3, 0.4) is 0 Å². The smallest absolute Gasteiger partial charge is 0.290 e. The van der Waals surface area contributed by atoms with Gasteiger partial charge in [-0.05, 0) is 24.3 Å². The van der Waals surface area contributed by atoms with Crippen molar-refractivity contribution in [3.63, 3.8) is 0 Å². The maximum absolute atomic E-state index is 12.2. The van der Waals surface area contributed by atoms with Gasteiger partial charge in [0.2, 0.25) is 0 Å². The monoisotopic (exact) mass is 265 g/mol. The fourth-order valence-electron chi connectivity index (χ4n) is 2.20. The van der Waals surface area contributed by atoms with Gasteiger partial charge in [-0.25, -0.2) is 0 Å². The molecule has 1 heterocycles. The highest BCUT2D eigenvalue weighted by Crippen LogP contribution is 2.38. The normalized spacial score (nSPS) is 20.9. The van der Waals surface area contributed by atoms with Crippen LogP contribution in [-0.2, 0) is 19.1 Å². The largest absolute Gasteiger partial charge is 0.497 e. The van der Waals surface area contributed by atoms with Gasteiger partial charge in [-0.1, -0.05) is 0 Å². The van der Waals surface area contributed by atoms with Crippen molar-refractivity contribution in [3.05, 3.63) is 24.3 Å². The van der Waals surface area contributed by atoms with E-state index in [0.29, 0.717) is 17.7 Å². The summed E-state index contributed by atoms with van der Waals surface area (Å²) in [6, 6.07) is 6.02. The van der Waals surface area contributed by atoms with Crippen molar-refractivity contribution in [1.82, 2.24) is 0 Å². The third kappa shape index (κ3) is 1.80. The Balaban J connectivity index is 2.30. The number of rotatable bonds is 5. The third-order valence-electron chi connectivity index (χ3n) is 3.27. The quantitative estimate of drug-likeness (QED) is 0.443. The van der Waals surface area contributed by atoms with E-state index in [9.17, 15) is 9.59 Å². The summed E-state index contributed by atoms with van der Waals surface area (Å²) in [6.07, 6.45) is 0.638. The van der Waals surface area contributed by atoms with Crippen LogP contribution in [0.5, 0.6) is 5.75 Å². The molecule has 6 heteroatoms. The van der Waals surface area contributed by atoms with Crippen molar-refractivity contribution in [2.75, 3.05) is 26.2 Å². The van der Waals surface area contributed by atoms with Crippen LogP contribution in [0.1, 0.15) is 0 Å². The summed E-state index contributed by atoms with van der Waals surface area (Å²) in [5.74, 6) is -1.24. The van der Waals surface area contributed by atoms with Crippen LogP contribution in [0, 0.1) is 0 Å². The molecular formula is C13H15NO5. The average molecular weight is 265 g/mol. The highest BCUT2D eigenvalue weighted by molar-refractivity contribution is 6.12. The minimum atomic E-state index is -1.51. The predicted octanol–water partition coefficient (Wildman–Crippen LogP) is 0.598. The van der Waals surface area contributed by atoms with E-state index in [4.69, 9.17) is 14.2 Å². The fourth-order valence-corrected chi connectivity index (χ4v) is 2.20. The summed E-state index contributed by atoms with van der Waals surface area (Å²) in [4.78, 5) is 24.7. The molecule has 1 amide bonds. The van der Waals surface area contributed by atoms with Gasteiger partial charge in [-0.15, -0.1) is 0 Å². The van der Waals surface area contributed by atoms with E-state index in [2.05, 4.69) is 0 Å². The fraction of sp³-hybridized carbons (Fsp3) is 0.385. The molecular weight excluding hydrogens is 250 g/mol. The second kappa shape index (κ2) is 4.99. The molecule has 1 aromatic carbocycles. The van der Waals surface area contributed by atoms with Crippen molar-refractivity contribution in [2.45, 2.75) is 11.8 Å². The van der Waals surface area contributed by atoms with Gasteiger partial charge in [0.15, 0.2) is 6.04 Å². The minimum Gasteiger partial charge on any atom is -0.497 e. The van der Waals surface area contributed by atoms with E-state index in [-0.39, 0.29) is 0 Å². The lowest BCUT2D eigenvalue weighted by Gasteiger charge is -2.50. The molecule has 1 unspecified atom stereocenters. The van der Waals surface area contributed by atoms with Crippen LogP contribution in [0.25, 0.3) is 0 Å². The average Bonchev–Trinajstić information content (AvgIpc) is 2.46. The molecule has 0 saturated carbocycles. The van der Waals surface area contributed by atoms with E-state index in [1.54, 1.807) is 31.4 Å². The molecule has 1 aromatic rings. The van der Waals surface area contributed by atoms with Gasteiger partial charge in [-0.2, -0.15) is 0 Å². The number of anilines is 1. The number of carbonyl (C=O) groups excluding carboxylic acids is 2. The van der Waals surface area contributed by atoms with E-state index >= 15 is 0 Å². The minimum absolute atomic E-state index is 0.403. The first-order valence-electron chi connectivity index (χ1n) is 5.68. The molecule has 1 aliphatic heterocycles. The molecule has 0 aromatic heterocycles. The third-order valence-corrected chi connectivity index (χ3v) is 3.27. The van der Waals surface area contributed by atoms with Crippen molar-refractivity contribution in [1.29, 1.82) is 0 Å². The molecule has 2 rings (SSSR count). The van der Waals surface area contributed by atoms with Gasteiger partial charge < -0.3 is 19.0 Å². The number of aldehydes is 1. The van der Waals surface area contributed by atoms with E-state index in [1.165, 1.54) is 19.1 Å². The van der Waals surface area contributed by atoms with Crippen molar-refractivity contribution in [3.8, 4) is 5.75 Å². The zero-order valence-corrected chi connectivity index (χ0v) is 11.0. The summed E-state index contributed by atoms with van der Waals surface area (Å²) in [6.45, 7) is 0. The lowest BCUT2D eigenvalue weighted by Crippen LogP contribution is -2.76. The van der Waals surface area contributed by atoms with E-state index in [0.717, 1.165) is 0 Å². The topological polar surface area (TPSA) is 65.1 Å². The van der Waals surface area contributed by atoms with Gasteiger partial charge in [0, 0.05) is 19.9 Å². The standard InChI is InChI=1S/C13H15NO5/c1-17-10-6-4-9(5-7-10)14-11(8-15)13(18-2,19-3)12(14)16/h4-8,11H,1-3H3. The van der Waals surface area contributed by atoms with Crippen LogP contribution in [0.2, 0.25) is 0 Å². The summed E-state index contributed by atoms with van der Waals surface area (Å²) < 4.78 is 15.2.